The van der Waals surface area contributed by atoms with Crippen molar-refractivity contribution in [2.24, 2.45) is 5.92 Å². The second kappa shape index (κ2) is 7.85. The van der Waals surface area contributed by atoms with Gasteiger partial charge in [0.1, 0.15) is 5.54 Å². The molecule has 19 heavy (non-hydrogen) atoms. The van der Waals surface area contributed by atoms with E-state index in [4.69, 9.17) is 4.74 Å². The third-order valence-corrected chi connectivity index (χ3v) is 3.87. The lowest BCUT2D eigenvalue weighted by molar-refractivity contribution is -0.148. The fourth-order valence-electron chi connectivity index (χ4n) is 2.21. The van der Waals surface area contributed by atoms with Crippen LogP contribution in [-0.4, -0.2) is 49.2 Å². The molecule has 0 radical (unpaired) electrons. The average Bonchev–Trinajstić information content (AvgIpc) is 2.32. The third kappa shape index (κ3) is 5.91. The molecule has 1 N–H and O–H groups in total. The molecule has 0 saturated carbocycles. The van der Waals surface area contributed by atoms with Gasteiger partial charge in [0.2, 0.25) is 0 Å². The second-order valence-corrected chi connectivity index (χ2v) is 6.34. The number of nitrogens with zero attached hydrogens (tertiary/aromatic N) is 1. The first kappa shape index (κ1) is 18.4. The predicted octanol–water partition coefficient (Wildman–Crippen LogP) is 2.28. The molecule has 2 atom stereocenters. The molecule has 114 valence electrons. The quantitative estimate of drug-likeness (QED) is 0.688. The lowest BCUT2D eigenvalue weighted by Gasteiger charge is -2.34. The van der Waals surface area contributed by atoms with E-state index in [1.807, 2.05) is 20.8 Å². The minimum Gasteiger partial charge on any atom is -0.468 e. The first-order valence-electron chi connectivity index (χ1n) is 7.20. The molecule has 0 aromatic rings. The van der Waals surface area contributed by atoms with E-state index in [1.54, 1.807) is 0 Å². The van der Waals surface area contributed by atoms with E-state index in [-0.39, 0.29) is 12.0 Å². The molecule has 4 heteroatoms. The van der Waals surface area contributed by atoms with Crippen molar-refractivity contribution in [1.82, 2.24) is 10.2 Å². The molecule has 0 aliphatic rings. The summed E-state index contributed by atoms with van der Waals surface area (Å²) in [6.07, 6.45) is 0.741. The van der Waals surface area contributed by atoms with Crippen LogP contribution in [0.15, 0.2) is 0 Å². The maximum absolute atomic E-state index is 12.0. The van der Waals surface area contributed by atoms with Gasteiger partial charge in [-0.15, -0.1) is 0 Å². The average molecular weight is 272 g/mol. The lowest BCUT2D eigenvalue weighted by atomic mass is 9.95. The zero-order chi connectivity index (χ0) is 15.2. The van der Waals surface area contributed by atoms with Crippen LogP contribution in [0.1, 0.15) is 48.0 Å². The highest BCUT2D eigenvalue weighted by Gasteiger charge is 2.35. The molecule has 0 rings (SSSR count). The zero-order valence-corrected chi connectivity index (χ0v) is 13.9. The predicted molar refractivity (Wildman–Crippen MR) is 80.2 cm³/mol. The van der Waals surface area contributed by atoms with Crippen LogP contribution in [0.3, 0.4) is 0 Å². The van der Waals surface area contributed by atoms with Crippen LogP contribution in [0.25, 0.3) is 0 Å². The van der Waals surface area contributed by atoms with E-state index >= 15 is 0 Å². The Hall–Kier alpha value is -0.610. The second-order valence-electron chi connectivity index (χ2n) is 6.34. The highest BCUT2D eigenvalue weighted by Crippen LogP contribution is 2.16. The smallest absolute Gasteiger partial charge is 0.325 e. The molecule has 0 aromatic heterocycles. The summed E-state index contributed by atoms with van der Waals surface area (Å²) >= 11 is 0. The normalized spacial score (nSPS) is 16.8. The van der Waals surface area contributed by atoms with Crippen LogP contribution in [0, 0.1) is 5.92 Å². The van der Waals surface area contributed by atoms with E-state index in [1.165, 1.54) is 7.11 Å². The molecule has 0 saturated heterocycles. The molecule has 0 spiro atoms. The van der Waals surface area contributed by atoms with Crippen molar-refractivity contribution in [2.45, 2.75) is 65.6 Å². The minimum atomic E-state index is -0.617. The SMILES string of the molecule is COC(=O)C(C)(CCN(C)C(C)C(C)C)NC(C)C. The van der Waals surface area contributed by atoms with E-state index < -0.39 is 5.54 Å². The molecular weight excluding hydrogens is 240 g/mol. The van der Waals surface area contributed by atoms with Crippen LogP contribution in [0.5, 0.6) is 0 Å². The summed E-state index contributed by atoms with van der Waals surface area (Å²) in [7, 11) is 3.56. The summed E-state index contributed by atoms with van der Waals surface area (Å²) in [6, 6.07) is 0.748. The minimum absolute atomic E-state index is 0.188. The van der Waals surface area contributed by atoms with Gasteiger partial charge in [0.05, 0.1) is 7.11 Å². The summed E-state index contributed by atoms with van der Waals surface area (Å²) in [5.41, 5.74) is -0.617. The van der Waals surface area contributed by atoms with E-state index in [0.29, 0.717) is 12.0 Å². The van der Waals surface area contributed by atoms with Crippen molar-refractivity contribution in [3.8, 4) is 0 Å². The van der Waals surface area contributed by atoms with E-state index in [9.17, 15) is 4.79 Å². The molecule has 0 aliphatic carbocycles. The van der Waals surface area contributed by atoms with Gasteiger partial charge in [-0.25, -0.2) is 0 Å². The van der Waals surface area contributed by atoms with Crippen molar-refractivity contribution >= 4 is 5.97 Å². The number of methoxy groups -OCH3 is 1. The maximum Gasteiger partial charge on any atom is 0.325 e. The molecular formula is C15H32N2O2. The van der Waals surface area contributed by atoms with Crippen LogP contribution in [0.2, 0.25) is 0 Å². The Morgan fingerprint density at radius 3 is 2.16 bits per heavy atom. The Morgan fingerprint density at radius 2 is 1.79 bits per heavy atom. The van der Waals surface area contributed by atoms with E-state index in [0.717, 1.165) is 13.0 Å². The van der Waals surface area contributed by atoms with Gasteiger partial charge in [-0.05, 0) is 47.1 Å². The molecule has 2 unspecified atom stereocenters. The van der Waals surface area contributed by atoms with Crippen molar-refractivity contribution in [3.63, 3.8) is 0 Å². The van der Waals surface area contributed by atoms with Gasteiger partial charge in [0.25, 0.3) is 0 Å². The van der Waals surface area contributed by atoms with Crippen molar-refractivity contribution < 1.29 is 9.53 Å². The molecule has 0 bridgehead atoms. The molecule has 0 aliphatic heterocycles. The number of nitrogens with one attached hydrogen (secondary N) is 1. The summed E-state index contributed by atoms with van der Waals surface area (Å²) in [5, 5.41) is 3.33. The highest BCUT2D eigenvalue weighted by molar-refractivity contribution is 5.80. The molecule has 0 heterocycles. The monoisotopic (exact) mass is 272 g/mol. The number of rotatable bonds is 8. The van der Waals surface area contributed by atoms with Crippen LogP contribution >= 0.6 is 0 Å². The fraction of sp³-hybridized carbons (Fsp3) is 0.933. The lowest BCUT2D eigenvalue weighted by Crippen LogP contribution is -2.54. The zero-order valence-electron chi connectivity index (χ0n) is 13.9. The molecule has 4 nitrogen and oxygen atoms in total. The highest BCUT2D eigenvalue weighted by atomic mass is 16.5. The number of hydrogen-bond acceptors (Lipinski definition) is 4. The first-order valence-corrected chi connectivity index (χ1v) is 7.20. The fourth-order valence-corrected chi connectivity index (χ4v) is 2.21. The number of carbonyl (C=O) groups excluding carboxylic acids is 1. The molecule has 0 aromatic carbocycles. The van der Waals surface area contributed by atoms with Gasteiger partial charge in [-0.3, -0.25) is 10.1 Å². The number of ether oxygens (including phenoxy) is 1. The standard InChI is InChI=1S/C15H32N2O2/c1-11(2)13(5)17(7)10-9-15(6,14(18)19-8)16-12(3)4/h11-13,16H,9-10H2,1-8H3. The van der Waals surface area contributed by atoms with Gasteiger partial charge < -0.3 is 9.64 Å². The van der Waals surface area contributed by atoms with Crippen molar-refractivity contribution in [3.05, 3.63) is 0 Å². The van der Waals surface area contributed by atoms with Crippen LogP contribution in [-0.2, 0) is 9.53 Å². The summed E-state index contributed by atoms with van der Waals surface area (Å²) in [6.45, 7) is 13.5. The Balaban J connectivity index is 4.63. The summed E-state index contributed by atoms with van der Waals surface area (Å²) in [5.74, 6) is 0.416. The maximum atomic E-state index is 12.0. The molecule has 0 amide bonds. The Morgan fingerprint density at radius 1 is 1.26 bits per heavy atom. The summed E-state index contributed by atoms with van der Waals surface area (Å²) < 4.78 is 4.94. The van der Waals surface area contributed by atoms with Crippen LogP contribution in [0.4, 0.5) is 0 Å². The summed E-state index contributed by atoms with van der Waals surface area (Å²) in [4.78, 5) is 14.3. The van der Waals surface area contributed by atoms with Crippen molar-refractivity contribution in [1.29, 1.82) is 0 Å². The largest absolute Gasteiger partial charge is 0.468 e. The topological polar surface area (TPSA) is 41.6 Å². The van der Waals surface area contributed by atoms with Gasteiger partial charge in [-0.2, -0.15) is 0 Å². The Kier molecular flexibility index (Phi) is 7.60. The number of carbonyl (C=O) groups is 1. The number of hydrogen-bond donors (Lipinski definition) is 1. The Labute approximate surface area is 118 Å². The van der Waals surface area contributed by atoms with Gasteiger partial charge in [-0.1, -0.05) is 13.8 Å². The molecule has 0 fully saturated rings. The van der Waals surface area contributed by atoms with Crippen molar-refractivity contribution in [2.75, 3.05) is 20.7 Å². The third-order valence-electron chi connectivity index (χ3n) is 3.87. The van der Waals surface area contributed by atoms with E-state index in [2.05, 4.69) is 38.0 Å². The Bertz CT molecular complexity index is 279. The van der Waals surface area contributed by atoms with Gasteiger partial charge in [0, 0.05) is 18.6 Å². The van der Waals surface area contributed by atoms with Gasteiger partial charge in [0.15, 0.2) is 0 Å². The van der Waals surface area contributed by atoms with Gasteiger partial charge >= 0.3 is 5.97 Å². The number of esters is 1. The first-order chi connectivity index (χ1) is 8.64. The van der Waals surface area contributed by atoms with Crippen LogP contribution < -0.4 is 5.32 Å².